The highest BCUT2D eigenvalue weighted by molar-refractivity contribution is 7.99. The van der Waals surface area contributed by atoms with Crippen molar-refractivity contribution in [2.24, 2.45) is 5.84 Å². The van der Waals surface area contributed by atoms with Crippen LogP contribution in [-0.2, 0) is 0 Å². The molecule has 60 valence electrons. The zero-order chi connectivity index (χ0) is 8.10. The molecule has 0 fully saturated rings. The third-order valence-corrected chi connectivity index (χ3v) is 2.14. The Kier molecular flexibility index (Phi) is 3.19. The van der Waals surface area contributed by atoms with Crippen molar-refractivity contribution in [3.05, 3.63) is 18.3 Å². The minimum absolute atomic E-state index is 0.749. The van der Waals surface area contributed by atoms with Gasteiger partial charge in [0, 0.05) is 6.20 Å². The number of nitrogen functional groups attached to an aromatic ring is 1. The van der Waals surface area contributed by atoms with Gasteiger partial charge in [0.1, 0.15) is 0 Å². The van der Waals surface area contributed by atoms with Crippen molar-refractivity contribution >= 4 is 17.6 Å². The molecule has 11 heavy (non-hydrogen) atoms. The summed E-state index contributed by atoms with van der Waals surface area (Å²) in [4.78, 5) is 5.15. The van der Waals surface area contributed by atoms with E-state index in [2.05, 4.69) is 17.3 Å². The molecule has 0 bridgehead atoms. The summed E-state index contributed by atoms with van der Waals surface area (Å²) in [5, 5.41) is 0. The summed E-state index contributed by atoms with van der Waals surface area (Å²) in [5.74, 6) is 7.03. The Hall–Kier alpha value is -0.740. The van der Waals surface area contributed by atoms with E-state index in [9.17, 15) is 0 Å². The van der Waals surface area contributed by atoms with E-state index in [1.54, 1.807) is 18.0 Å². The van der Waals surface area contributed by atoms with Crippen molar-refractivity contribution < 1.29 is 0 Å². The highest BCUT2D eigenvalue weighted by atomic mass is 32.2. The third kappa shape index (κ3) is 2.10. The molecule has 0 amide bonds. The van der Waals surface area contributed by atoms with Gasteiger partial charge in [-0.15, -0.1) is 11.8 Å². The number of hydrazine groups is 1. The second-order valence-electron chi connectivity index (χ2n) is 1.93. The second kappa shape index (κ2) is 4.20. The van der Waals surface area contributed by atoms with E-state index < -0.39 is 0 Å². The lowest BCUT2D eigenvalue weighted by Gasteiger charge is -2.04. The highest BCUT2D eigenvalue weighted by Crippen LogP contribution is 2.23. The summed E-state index contributed by atoms with van der Waals surface area (Å²) >= 11 is 1.72. The van der Waals surface area contributed by atoms with Crippen LogP contribution >= 0.6 is 11.8 Å². The summed E-state index contributed by atoms with van der Waals surface area (Å²) < 4.78 is 0. The quantitative estimate of drug-likeness (QED) is 0.409. The van der Waals surface area contributed by atoms with Crippen molar-refractivity contribution in [3.63, 3.8) is 0 Å². The molecule has 0 radical (unpaired) electrons. The summed E-state index contributed by atoms with van der Waals surface area (Å²) in [6.07, 6.45) is 1.72. The average molecular weight is 169 g/mol. The molecule has 3 nitrogen and oxygen atoms in total. The first-order valence-corrected chi connectivity index (χ1v) is 4.41. The number of nitrogens with one attached hydrogen (secondary N) is 1. The van der Waals surface area contributed by atoms with E-state index in [0.717, 1.165) is 16.5 Å². The summed E-state index contributed by atoms with van der Waals surface area (Å²) in [5.41, 5.74) is 2.55. The highest BCUT2D eigenvalue weighted by Gasteiger charge is 1.98. The summed E-state index contributed by atoms with van der Waals surface area (Å²) in [7, 11) is 0. The molecule has 0 aliphatic rings. The van der Waals surface area contributed by atoms with Gasteiger partial charge in [-0.25, -0.2) is 10.8 Å². The van der Waals surface area contributed by atoms with Gasteiger partial charge in [-0.05, 0) is 17.9 Å². The fraction of sp³-hybridized carbons (Fsp3) is 0.286. The van der Waals surface area contributed by atoms with Gasteiger partial charge in [-0.1, -0.05) is 6.92 Å². The van der Waals surface area contributed by atoms with Gasteiger partial charge in [-0.3, -0.25) is 0 Å². The second-order valence-corrected chi connectivity index (χ2v) is 3.23. The topological polar surface area (TPSA) is 50.9 Å². The fourth-order valence-electron chi connectivity index (χ4n) is 0.771. The Morgan fingerprint density at radius 1 is 1.73 bits per heavy atom. The molecular weight excluding hydrogens is 158 g/mol. The molecule has 0 unspecified atom stereocenters. The number of hydrogen-bond acceptors (Lipinski definition) is 4. The smallest absolute Gasteiger partial charge is 0.153 e. The van der Waals surface area contributed by atoms with E-state index in [-0.39, 0.29) is 0 Å². The van der Waals surface area contributed by atoms with E-state index in [4.69, 9.17) is 5.84 Å². The van der Waals surface area contributed by atoms with Gasteiger partial charge in [0.05, 0.1) is 4.90 Å². The molecule has 4 heteroatoms. The van der Waals surface area contributed by atoms with Crippen molar-refractivity contribution in [1.29, 1.82) is 0 Å². The molecule has 0 atom stereocenters. The number of nitrogens with zero attached hydrogens (tertiary/aromatic N) is 1. The molecule has 1 heterocycles. The number of anilines is 1. The number of hydrogen-bond donors (Lipinski definition) is 2. The average Bonchev–Trinajstić information content (AvgIpc) is 2.06. The van der Waals surface area contributed by atoms with Gasteiger partial charge in [-0.2, -0.15) is 0 Å². The van der Waals surface area contributed by atoms with Crippen LogP contribution in [0.15, 0.2) is 23.2 Å². The van der Waals surface area contributed by atoms with Gasteiger partial charge < -0.3 is 5.43 Å². The van der Waals surface area contributed by atoms with Gasteiger partial charge in [0.15, 0.2) is 5.82 Å². The minimum Gasteiger partial charge on any atom is -0.308 e. The van der Waals surface area contributed by atoms with Crippen LogP contribution in [0.1, 0.15) is 6.92 Å². The summed E-state index contributed by atoms with van der Waals surface area (Å²) in [6, 6.07) is 3.90. The number of pyridine rings is 1. The molecule has 0 aromatic carbocycles. The van der Waals surface area contributed by atoms with E-state index in [1.165, 1.54) is 0 Å². The van der Waals surface area contributed by atoms with Gasteiger partial charge in [0.2, 0.25) is 0 Å². The van der Waals surface area contributed by atoms with Gasteiger partial charge >= 0.3 is 0 Å². The van der Waals surface area contributed by atoms with Crippen LogP contribution in [-0.4, -0.2) is 10.7 Å². The summed E-state index contributed by atoms with van der Waals surface area (Å²) in [6.45, 7) is 2.10. The molecule has 1 aromatic rings. The lowest BCUT2D eigenvalue weighted by Crippen LogP contribution is -2.09. The van der Waals surface area contributed by atoms with Crippen LogP contribution in [0.5, 0.6) is 0 Å². The first-order chi connectivity index (χ1) is 5.38. The van der Waals surface area contributed by atoms with Crippen LogP contribution in [0.2, 0.25) is 0 Å². The normalized spacial score (nSPS) is 9.64. The number of thioether (sulfide) groups is 1. The molecule has 1 aromatic heterocycles. The Morgan fingerprint density at radius 3 is 3.18 bits per heavy atom. The SMILES string of the molecule is CCSc1cccnc1NN. The predicted octanol–water partition coefficient (Wildman–Crippen LogP) is 1.48. The first-order valence-electron chi connectivity index (χ1n) is 3.43. The molecule has 3 N–H and O–H groups in total. The molecular formula is C7H11N3S. The number of rotatable bonds is 3. The van der Waals surface area contributed by atoms with Crippen molar-refractivity contribution in [2.75, 3.05) is 11.2 Å². The molecule has 0 spiro atoms. The number of nitrogens with two attached hydrogens (primary N) is 1. The third-order valence-electron chi connectivity index (χ3n) is 1.21. The Balaban J connectivity index is 2.83. The van der Waals surface area contributed by atoms with Crippen molar-refractivity contribution in [1.82, 2.24) is 4.98 Å². The standard InChI is InChI=1S/C7H11N3S/c1-2-11-6-4-3-5-9-7(6)10-8/h3-5H,2,8H2,1H3,(H,9,10). The Labute approximate surface area is 70.4 Å². The largest absolute Gasteiger partial charge is 0.308 e. The van der Waals surface area contributed by atoms with E-state index in [1.807, 2.05) is 12.1 Å². The molecule has 0 aliphatic carbocycles. The zero-order valence-electron chi connectivity index (χ0n) is 6.37. The minimum atomic E-state index is 0.749. The maximum absolute atomic E-state index is 5.26. The molecule has 0 aliphatic heterocycles. The molecule has 0 saturated carbocycles. The van der Waals surface area contributed by atoms with Crippen LogP contribution < -0.4 is 11.3 Å². The Morgan fingerprint density at radius 2 is 2.55 bits per heavy atom. The maximum Gasteiger partial charge on any atom is 0.153 e. The monoisotopic (exact) mass is 169 g/mol. The van der Waals surface area contributed by atoms with E-state index in [0.29, 0.717) is 0 Å². The van der Waals surface area contributed by atoms with Crippen LogP contribution in [0.25, 0.3) is 0 Å². The lowest BCUT2D eigenvalue weighted by molar-refractivity contribution is 1.17. The molecule has 1 rings (SSSR count). The maximum atomic E-state index is 5.26. The van der Waals surface area contributed by atoms with Crippen LogP contribution in [0.4, 0.5) is 5.82 Å². The predicted molar refractivity (Wildman–Crippen MR) is 48.4 cm³/mol. The van der Waals surface area contributed by atoms with Gasteiger partial charge in [0.25, 0.3) is 0 Å². The lowest BCUT2D eigenvalue weighted by atomic mass is 10.5. The van der Waals surface area contributed by atoms with Crippen LogP contribution in [0.3, 0.4) is 0 Å². The van der Waals surface area contributed by atoms with Crippen molar-refractivity contribution in [2.45, 2.75) is 11.8 Å². The number of aromatic nitrogens is 1. The first kappa shape index (κ1) is 8.36. The molecule has 0 saturated heterocycles. The van der Waals surface area contributed by atoms with E-state index >= 15 is 0 Å². The van der Waals surface area contributed by atoms with Crippen molar-refractivity contribution in [3.8, 4) is 0 Å². The Bertz CT molecular complexity index is 227. The zero-order valence-corrected chi connectivity index (χ0v) is 7.19. The fourth-order valence-corrected chi connectivity index (χ4v) is 1.51. The van der Waals surface area contributed by atoms with Crippen LogP contribution in [0, 0.1) is 0 Å².